The number of azide groups is 1. The van der Waals surface area contributed by atoms with Gasteiger partial charge in [0.1, 0.15) is 18.1 Å². The lowest BCUT2D eigenvalue weighted by Gasteiger charge is -2.33. The van der Waals surface area contributed by atoms with Crippen LogP contribution in [0.15, 0.2) is 90.0 Å². The minimum absolute atomic E-state index is 0.0279. The van der Waals surface area contributed by atoms with Crippen LogP contribution >= 0.6 is 7.60 Å². The first-order valence-corrected chi connectivity index (χ1v) is 16.6. The first-order valence-electron chi connectivity index (χ1n) is 14.9. The fourth-order valence-corrected chi connectivity index (χ4v) is 5.83. The quantitative estimate of drug-likeness (QED) is 0.0261. The predicted molar refractivity (Wildman–Crippen MR) is 172 cm³/mol. The van der Waals surface area contributed by atoms with Gasteiger partial charge in [0.05, 0.1) is 39.6 Å². The first kappa shape index (κ1) is 39.4. The molecule has 0 saturated heterocycles. The number of carbonyl (C=O) groups is 2. The molecule has 0 bridgehead atoms. The van der Waals surface area contributed by atoms with Crippen LogP contribution in [0.2, 0.25) is 0 Å². The van der Waals surface area contributed by atoms with Gasteiger partial charge >= 0.3 is 25.8 Å². The van der Waals surface area contributed by atoms with Crippen molar-refractivity contribution in [3.63, 3.8) is 0 Å². The molecular formula is C31H35F3N5O10P. The number of anilines is 1. The van der Waals surface area contributed by atoms with Crippen molar-refractivity contribution in [2.75, 3.05) is 58.5 Å². The topological polar surface area (TPSA) is 194 Å². The third-order valence-electron chi connectivity index (χ3n) is 6.17. The standard InChI is InChI=1S/C31H35F3N5O10P/c32-31(33,34)29(40)47-39(30(41)46-22-21-45-20-19-44-18-17-43-16-15-37-38-36)28(23-24-11-13-25(35)14-12-24)50(42,48-26-7-3-1-4-8-26)49-27-9-5-2-6-10-27/h1-14,28H,15-23,35H2. The number of nitrogen functional groups attached to an aromatic ring is 1. The van der Waals surface area contributed by atoms with E-state index < -0.39 is 44.6 Å². The van der Waals surface area contributed by atoms with Gasteiger partial charge in [-0.3, -0.25) is 0 Å². The number of rotatable bonds is 20. The highest BCUT2D eigenvalue weighted by Crippen LogP contribution is 2.55. The van der Waals surface area contributed by atoms with Crippen LogP contribution in [0.4, 0.5) is 23.7 Å². The number of halogens is 3. The molecule has 19 heteroatoms. The number of benzene rings is 3. The molecule has 0 fully saturated rings. The molecule has 0 spiro atoms. The monoisotopic (exact) mass is 725 g/mol. The van der Waals surface area contributed by atoms with E-state index in [-0.39, 0.29) is 62.7 Å². The van der Waals surface area contributed by atoms with E-state index in [0.717, 1.165) is 0 Å². The summed E-state index contributed by atoms with van der Waals surface area (Å²) in [6.07, 6.45) is -7.69. The zero-order valence-corrected chi connectivity index (χ0v) is 27.4. The van der Waals surface area contributed by atoms with Gasteiger partial charge in [0.15, 0.2) is 0 Å². The van der Waals surface area contributed by atoms with Crippen molar-refractivity contribution >= 4 is 25.3 Å². The lowest BCUT2D eigenvalue weighted by atomic mass is 10.1. The van der Waals surface area contributed by atoms with Gasteiger partial charge in [-0.25, -0.2) is 14.2 Å². The van der Waals surface area contributed by atoms with Gasteiger partial charge in [-0.1, -0.05) is 53.6 Å². The van der Waals surface area contributed by atoms with Crippen LogP contribution < -0.4 is 14.8 Å². The summed E-state index contributed by atoms with van der Waals surface area (Å²) in [6.45, 7) is 0.313. The van der Waals surface area contributed by atoms with Gasteiger partial charge in [-0.05, 0) is 47.5 Å². The number of nitrogens with zero attached hydrogens (tertiary/aromatic N) is 4. The summed E-state index contributed by atoms with van der Waals surface area (Å²) in [5, 5.41) is 3.23. The smallest absolute Gasteiger partial charge is 0.445 e. The maximum Gasteiger partial charge on any atom is 0.493 e. The highest BCUT2D eigenvalue weighted by molar-refractivity contribution is 7.55. The summed E-state index contributed by atoms with van der Waals surface area (Å²) in [6, 6.07) is 21.0. The van der Waals surface area contributed by atoms with Gasteiger partial charge in [-0.15, -0.1) is 5.06 Å². The van der Waals surface area contributed by atoms with Gasteiger partial charge in [0.2, 0.25) is 5.78 Å². The SMILES string of the molecule is [N-]=[N+]=NCCOCCOCCOCCOC(=O)N(OC(=O)C(F)(F)F)C(Cc1ccc(N)cc1)P(=O)(Oc1ccccc1)Oc1ccccc1. The van der Waals surface area contributed by atoms with E-state index in [1.165, 1.54) is 48.5 Å². The number of amides is 1. The molecule has 3 rings (SSSR count). The summed E-state index contributed by atoms with van der Waals surface area (Å²) >= 11 is 0. The summed E-state index contributed by atoms with van der Waals surface area (Å²) < 4.78 is 87.9. The number of nitrogens with two attached hydrogens (primary N) is 1. The van der Waals surface area contributed by atoms with Crippen LogP contribution in [0.25, 0.3) is 10.4 Å². The number of alkyl halides is 3. The summed E-state index contributed by atoms with van der Waals surface area (Å²) in [5.41, 5.74) is 14.7. The Balaban J connectivity index is 1.82. The summed E-state index contributed by atoms with van der Waals surface area (Å²) in [7, 11) is -4.87. The number of hydrogen-bond acceptors (Lipinski definition) is 12. The van der Waals surface area contributed by atoms with Crippen molar-refractivity contribution in [1.82, 2.24) is 5.06 Å². The van der Waals surface area contributed by atoms with E-state index in [0.29, 0.717) is 11.3 Å². The Bertz CT molecular complexity index is 1520. The Morgan fingerprint density at radius 1 is 0.800 bits per heavy atom. The minimum atomic E-state index is -5.56. The van der Waals surface area contributed by atoms with E-state index in [4.69, 9.17) is 39.3 Å². The molecule has 0 aliphatic rings. The first-order chi connectivity index (χ1) is 24.0. The molecule has 0 aliphatic carbocycles. The van der Waals surface area contributed by atoms with E-state index in [1.807, 2.05) is 0 Å². The Labute approximate surface area is 285 Å². The van der Waals surface area contributed by atoms with Crippen LogP contribution in [-0.4, -0.2) is 81.9 Å². The highest BCUT2D eigenvalue weighted by Gasteiger charge is 2.52. The number of para-hydroxylation sites is 2. The van der Waals surface area contributed by atoms with Crippen molar-refractivity contribution in [1.29, 1.82) is 0 Å². The van der Waals surface area contributed by atoms with Gasteiger partial charge in [-0.2, -0.15) is 13.2 Å². The zero-order valence-electron chi connectivity index (χ0n) is 26.6. The molecule has 2 N–H and O–H groups in total. The van der Waals surface area contributed by atoms with Crippen molar-refractivity contribution in [3.8, 4) is 11.5 Å². The summed E-state index contributed by atoms with van der Waals surface area (Å²) in [5.74, 6) is -4.88. The Kier molecular flexibility index (Phi) is 16.2. The molecule has 15 nitrogen and oxygen atoms in total. The van der Waals surface area contributed by atoms with Crippen LogP contribution in [-0.2, 0) is 39.6 Å². The molecule has 0 heterocycles. The van der Waals surface area contributed by atoms with Crippen LogP contribution in [0.5, 0.6) is 11.5 Å². The van der Waals surface area contributed by atoms with Crippen molar-refractivity contribution in [3.05, 3.63) is 101 Å². The second-order valence-corrected chi connectivity index (χ2v) is 11.9. The molecule has 1 unspecified atom stereocenters. The minimum Gasteiger partial charge on any atom is -0.445 e. The number of ether oxygens (including phenoxy) is 4. The maximum atomic E-state index is 14.8. The van der Waals surface area contributed by atoms with E-state index in [2.05, 4.69) is 14.9 Å². The maximum absolute atomic E-state index is 14.8. The third kappa shape index (κ3) is 13.9. The largest absolute Gasteiger partial charge is 0.493 e. The molecule has 1 amide bonds. The molecule has 3 aromatic rings. The molecule has 0 aliphatic heterocycles. The average molecular weight is 726 g/mol. The fraction of sp³-hybridized carbons (Fsp3) is 0.355. The van der Waals surface area contributed by atoms with Crippen molar-refractivity contribution in [2.24, 2.45) is 5.11 Å². The third-order valence-corrected chi connectivity index (χ3v) is 8.23. The predicted octanol–water partition coefficient (Wildman–Crippen LogP) is 6.31. The Hall–Kier alpha value is -4.99. The molecule has 50 heavy (non-hydrogen) atoms. The lowest BCUT2D eigenvalue weighted by Crippen LogP contribution is -2.47. The van der Waals surface area contributed by atoms with E-state index in [9.17, 15) is 27.3 Å². The number of hydrogen-bond donors (Lipinski definition) is 1. The normalized spacial score (nSPS) is 11.9. The van der Waals surface area contributed by atoms with Gasteiger partial charge in [0.25, 0.3) is 0 Å². The molecule has 0 saturated carbocycles. The molecular weight excluding hydrogens is 690 g/mol. The van der Waals surface area contributed by atoms with Gasteiger partial charge in [0, 0.05) is 23.6 Å². The highest BCUT2D eigenvalue weighted by atomic mass is 31.2. The summed E-state index contributed by atoms with van der Waals surface area (Å²) in [4.78, 5) is 32.8. The van der Waals surface area contributed by atoms with Crippen molar-refractivity contribution in [2.45, 2.75) is 18.4 Å². The van der Waals surface area contributed by atoms with E-state index in [1.54, 1.807) is 36.4 Å². The Morgan fingerprint density at radius 2 is 1.30 bits per heavy atom. The van der Waals surface area contributed by atoms with Crippen molar-refractivity contribution < 1.29 is 60.2 Å². The molecule has 0 aromatic heterocycles. The molecule has 1 atom stereocenters. The second-order valence-electron chi connectivity index (χ2n) is 9.88. The number of carbonyl (C=O) groups excluding carboxylic acids is 2. The molecule has 270 valence electrons. The fourth-order valence-electron chi connectivity index (χ4n) is 3.89. The van der Waals surface area contributed by atoms with Gasteiger partial charge < -0.3 is 38.6 Å². The second kappa shape index (κ2) is 20.5. The number of hydroxylamine groups is 2. The zero-order chi connectivity index (χ0) is 36.2. The van der Waals surface area contributed by atoms with Crippen LogP contribution in [0, 0.1) is 0 Å². The van der Waals surface area contributed by atoms with E-state index >= 15 is 0 Å². The average Bonchev–Trinajstić information content (AvgIpc) is 3.09. The Morgan fingerprint density at radius 3 is 1.80 bits per heavy atom. The molecule has 3 aromatic carbocycles. The lowest BCUT2D eigenvalue weighted by molar-refractivity contribution is -0.234. The molecule has 0 radical (unpaired) electrons. The van der Waals surface area contributed by atoms with Crippen LogP contribution in [0.1, 0.15) is 5.56 Å². The van der Waals surface area contributed by atoms with Crippen LogP contribution in [0.3, 0.4) is 0 Å².